The largest absolute Gasteiger partial charge is 0.418 e. The lowest BCUT2D eigenvalue weighted by atomic mass is 9.56. The summed E-state index contributed by atoms with van der Waals surface area (Å²) in [5, 5.41) is 9.78. The van der Waals surface area contributed by atoms with Gasteiger partial charge in [0.05, 0.1) is 11.2 Å². The molecule has 0 radical (unpaired) electrons. The molecule has 1 aliphatic heterocycles. The molecule has 3 aliphatic rings. The number of hydrogen-bond acceptors (Lipinski definition) is 3. The third kappa shape index (κ3) is 3.46. The minimum absolute atomic E-state index is 0.0332. The number of carbonyl (C=O) groups is 1. The molecule has 0 bridgehead atoms. The fourth-order valence-corrected chi connectivity index (χ4v) is 5.24. The van der Waals surface area contributed by atoms with Crippen LogP contribution in [0.4, 0.5) is 13.2 Å². The van der Waals surface area contributed by atoms with E-state index in [0.717, 1.165) is 32.0 Å². The first-order valence-electron chi connectivity index (χ1n) is 9.51. The van der Waals surface area contributed by atoms with E-state index in [9.17, 15) is 23.1 Å². The molecular formula is C20H25F3N2O2. The van der Waals surface area contributed by atoms with Gasteiger partial charge in [-0.25, -0.2) is 0 Å². The van der Waals surface area contributed by atoms with E-state index < -0.39 is 17.3 Å². The summed E-state index contributed by atoms with van der Waals surface area (Å²) in [5.41, 5.74) is -0.403. The second-order valence-corrected chi connectivity index (χ2v) is 9.21. The van der Waals surface area contributed by atoms with Crippen LogP contribution in [0.25, 0.3) is 0 Å². The SMILES string of the molecule is Cc1nc(CC2CC3(C2)CN(C(=O)[C@H]2C[C@@](C)(O)C2)C3)ccc1C(F)(F)F. The highest BCUT2D eigenvalue weighted by atomic mass is 19.4. The van der Waals surface area contributed by atoms with Gasteiger partial charge >= 0.3 is 6.18 Å². The quantitative estimate of drug-likeness (QED) is 0.872. The Kier molecular flexibility index (Phi) is 4.11. The average molecular weight is 382 g/mol. The fourth-order valence-electron chi connectivity index (χ4n) is 5.24. The molecule has 2 saturated carbocycles. The molecule has 0 unspecified atom stereocenters. The zero-order valence-corrected chi connectivity index (χ0v) is 15.6. The second kappa shape index (κ2) is 5.93. The number of hydrogen-bond donors (Lipinski definition) is 1. The van der Waals surface area contributed by atoms with Crippen LogP contribution in [-0.4, -0.2) is 39.6 Å². The predicted octanol–water partition coefficient (Wildman–Crippen LogP) is 3.35. The van der Waals surface area contributed by atoms with Crippen LogP contribution in [0.15, 0.2) is 12.1 Å². The number of alkyl halides is 3. The van der Waals surface area contributed by atoms with Crippen molar-refractivity contribution in [2.24, 2.45) is 17.3 Å². The number of rotatable bonds is 3. The normalized spacial score (nSPS) is 29.9. The average Bonchev–Trinajstić information content (AvgIpc) is 2.43. The number of aliphatic hydroxyl groups is 1. The fraction of sp³-hybridized carbons (Fsp3) is 0.700. The Morgan fingerprint density at radius 3 is 2.41 bits per heavy atom. The van der Waals surface area contributed by atoms with E-state index in [-0.39, 0.29) is 22.9 Å². The summed E-state index contributed by atoms with van der Waals surface area (Å²) in [6.45, 7) is 4.73. The topological polar surface area (TPSA) is 53.4 Å². The maximum atomic E-state index is 12.8. The maximum Gasteiger partial charge on any atom is 0.418 e. The molecule has 2 heterocycles. The van der Waals surface area contributed by atoms with Crippen LogP contribution >= 0.6 is 0 Å². The van der Waals surface area contributed by atoms with Crippen LogP contribution in [0, 0.1) is 24.2 Å². The van der Waals surface area contributed by atoms with E-state index in [2.05, 4.69) is 4.98 Å². The van der Waals surface area contributed by atoms with Gasteiger partial charge in [-0.2, -0.15) is 13.2 Å². The monoisotopic (exact) mass is 382 g/mol. The summed E-state index contributed by atoms with van der Waals surface area (Å²) < 4.78 is 38.5. The second-order valence-electron chi connectivity index (χ2n) is 9.21. The van der Waals surface area contributed by atoms with Crippen molar-refractivity contribution < 1.29 is 23.1 Å². The third-order valence-electron chi connectivity index (χ3n) is 6.48. The molecule has 1 amide bonds. The molecule has 1 saturated heterocycles. The third-order valence-corrected chi connectivity index (χ3v) is 6.48. The lowest BCUT2D eigenvalue weighted by molar-refractivity contribution is -0.171. The number of pyridine rings is 1. The van der Waals surface area contributed by atoms with Crippen LogP contribution in [-0.2, 0) is 17.4 Å². The van der Waals surface area contributed by atoms with Crippen LogP contribution in [0.3, 0.4) is 0 Å². The molecule has 1 N–H and O–H groups in total. The van der Waals surface area contributed by atoms with Gasteiger partial charge in [0, 0.05) is 35.8 Å². The number of amides is 1. The van der Waals surface area contributed by atoms with Crippen LogP contribution < -0.4 is 0 Å². The van der Waals surface area contributed by atoms with Gasteiger partial charge in [0.15, 0.2) is 0 Å². The standard InChI is InChI=1S/C20H25F3N2O2/c1-12-16(20(21,22)23)4-3-15(24-12)5-13-6-19(7-13)10-25(11-19)17(26)14-8-18(2,27)9-14/h3-4,13-14,27H,5-11H2,1-2H3/t14-,18+. The van der Waals surface area contributed by atoms with Gasteiger partial charge in [0.25, 0.3) is 0 Å². The van der Waals surface area contributed by atoms with Crippen molar-refractivity contribution in [3.05, 3.63) is 29.1 Å². The molecular weight excluding hydrogens is 357 g/mol. The van der Waals surface area contributed by atoms with Gasteiger partial charge < -0.3 is 10.0 Å². The first kappa shape index (κ1) is 18.7. The van der Waals surface area contributed by atoms with Gasteiger partial charge in [0.1, 0.15) is 0 Å². The Hall–Kier alpha value is -1.63. The summed E-state index contributed by atoms with van der Waals surface area (Å²) >= 11 is 0. The Morgan fingerprint density at radius 1 is 1.26 bits per heavy atom. The van der Waals surface area contributed by atoms with Crippen molar-refractivity contribution >= 4 is 5.91 Å². The van der Waals surface area contributed by atoms with Crippen molar-refractivity contribution in [1.82, 2.24) is 9.88 Å². The van der Waals surface area contributed by atoms with Crippen molar-refractivity contribution in [2.75, 3.05) is 13.1 Å². The van der Waals surface area contributed by atoms with Crippen LogP contribution in [0.1, 0.15) is 49.6 Å². The predicted molar refractivity (Wildman–Crippen MR) is 92.8 cm³/mol. The molecule has 27 heavy (non-hydrogen) atoms. The Labute approximate surface area is 156 Å². The Bertz CT molecular complexity index is 753. The maximum absolute atomic E-state index is 12.8. The van der Waals surface area contributed by atoms with Crippen LogP contribution in [0.5, 0.6) is 0 Å². The first-order chi connectivity index (χ1) is 12.5. The molecule has 7 heteroatoms. The van der Waals surface area contributed by atoms with Crippen LogP contribution in [0.2, 0.25) is 0 Å². The minimum atomic E-state index is -4.36. The van der Waals surface area contributed by atoms with Gasteiger partial charge in [0.2, 0.25) is 5.91 Å². The van der Waals surface area contributed by atoms with Gasteiger partial charge in [-0.3, -0.25) is 9.78 Å². The van der Waals surface area contributed by atoms with Gasteiger partial charge in [-0.05, 0) is 64.0 Å². The van der Waals surface area contributed by atoms with E-state index >= 15 is 0 Å². The lowest BCUT2D eigenvalue weighted by Crippen LogP contribution is -2.66. The van der Waals surface area contributed by atoms with Crippen molar-refractivity contribution in [1.29, 1.82) is 0 Å². The minimum Gasteiger partial charge on any atom is -0.390 e. The molecule has 0 atom stereocenters. The van der Waals surface area contributed by atoms with Gasteiger partial charge in [-0.1, -0.05) is 0 Å². The Balaban J connectivity index is 1.25. The molecule has 0 aromatic carbocycles. The van der Waals surface area contributed by atoms with E-state index in [1.165, 1.54) is 13.0 Å². The summed E-state index contributed by atoms with van der Waals surface area (Å²) in [7, 11) is 0. The molecule has 2 aliphatic carbocycles. The summed E-state index contributed by atoms with van der Waals surface area (Å²) in [6, 6.07) is 2.61. The molecule has 1 spiro atoms. The first-order valence-corrected chi connectivity index (χ1v) is 9.51. The number of aryl methyl sites for hydroxylation is 1. The molecule has 148 valence electrons. The zero-order chi connectivity index (χ0) is 19.6. The number of nitrogens with zero attached hydrogens (tertiary/aromatic N) is 2. The highest BCUT2D eigenvalue weighted by Crippen LogP contribution is 2.53. The number of halogens is 3. The zero-order valence-electron chi connectivity index (χ0n) is 15.6. The number of aromatic nitrogens is 1. The van der Waals surface area contributed by atoms with Crippen molar-refractivity contribution in [3.63, 3.8) is 0 Å². The van der Waals surface area contributed by atoms with E-state index in [4.69, 9.17) is 0 Å². The molecule has 1 aromatic heterocycles. The molecule has 4 rings (SSSR count). The van der Waals surface area contributed by atoms with E-state index in [0.29, 0.717) is 30.9 Å². The van der Waals surface area contributed by atoms with Gasteiger partial charge in [-0.15, -0.1) is 0 Å². The smallest absolute Gasteiger partial charge is 0.390 e. The number of likely N-dealkylation sites (tertiary alicyclic amines) is 1. The molecule has 4 nitrogen and oxygen atoms in total. The Morgan fingerprint density at radius 2 is 1.89 bits per heavy atom. The lowest BCUT2D eigenvalue weighted by Gasteiger charge is -2.60. The van der Waals surface area contributed by atoms with Crippen molar-refractivity contribution in [2.45, 2.75) is 57.7 Å². The highest BCUT2D eigenvalue weighted by Gasteiger charge is 2.55. The van der Waals surface area contributed by atoms with Crippen molar-refractivity contribution in [3.8, 4) is 0 Å². The van der Waals surface area contributed by atoms with E-state index in [1.54, 1.807) is 6.92 Å². The highest BCUT2D eigenvalue weighted by molar-refractivity contribution is 5.81. The summed E-state index contributed by atoms with van der Waals surface area (Å²) in [5.74, 6) is 0.554. The molecule has 3 fully saturated rings. The summed E-state index contributed by atoms with van der Waals surface area (Å²) in [4.78, 5) is 18.4. The van der Waals surface area contributed by atoms with E-state index in [1.807, 2.05) is 4.90 Å². The summed E-state index contributed by atoms with van der Waals surface area (Å²) in [6.07, 6.45) is -0.554. The number of carbonyl (C=O) groups excluding carboxylic acids is 1. The molecule has 1 aromatic rings.